The molecule has 0 fully saturated rings. The van der Waals surface area contributed by atoms with Crippen molar-refractivity contribution in [1.29, 1.82) is 0 Å². The van der Waals surface area contributed by atoms with E-state index in [9.17, 15) is 4.39 Å². The number of halogens is 1. The van der Waals surface area contributed by atoms with Gasteiger partial charge in [-0.05, 0) is 49.4 Å². The number of rotatable bonds is 7. The van der Waals surface area contributed by atoms with E-state index in [0.717, 1.165) is 0 Å². The minimum absolute atomic E-state index is 0. The summed E-state index contributed by atoms with van der Waals surface area (Å²) in [6.45, 7) is 3.96. The molecular weight excluding hydrogens is 640 g/mol. The third-order valence-electron chi connectivity index (χ3n) is 5.50. The van der Waals surface area contributed by atoms with E-state index in [1.807, 2.05) is 13.8 Å². The summed E-state index contributed by atoms with van der Waals surface area (Å²) in [6.07, 6.45) is 2.41. The molecule has 5 heteroatoms. The molecule has 0 spiro atoms. The van der Waals surface area contributed by atoms with E-state index in [4.69, 9.17) is 0 Å². The van der Waals surface area contributed by atoms with Crippen molar-refractivity contribution < 1.29 is 24.8 Å². The van der Waals surface area contributed by atoms with Gasteiger partial charge in [-0.15, -0.1) is 12.1 Å². The van der Waals surface area contributed by atoms with E-state index < -0.39 is 0 Å². The molecule has 0 radical (unpaired) electrons. The van der Waals surface area contributed by atoms with Gasteiger partial charge in [-0.25, -0.2) is 4.39 Å². The Labute approximate surface area is 262 Å². The molecule has 0 amide bonds. The van der Waals surface area contributed by atoms with Gasteiger partial charge in [0, 0.05) is 5.82 Å². The molecule has 208 valence electrons. The molecule has 5 aromatic rings. The fraction of sp³-hybridized carbons (Fsp3) is 0.143. The van der Waals surface area contributed by atoms with Crippen LogP contribution in [0.3, 0.4) is 0 Å². The predicted molar refractivity (Wildman–Crippen MR) is 176 cm³/mol. The number of hydrogen-bond acceptors (Lipinski definition) is 1. The Morgan fingerprint density at radius 2 is 0.800 bits per heavy atom. The van der Waals surface area contributed by atoms with Crippen LogP contribution >= 0.6 is 15.8 Å². The molecule has 5 aromatic carbocycles. The van der Waals surface area contributed by atoms with E-state index in [1.54, 1.807) is 0 Å². The van der Waals surface area contributed by atoms with Crippen molar-refractivity contribution in [1.82, 2.24) is 0 Å². The minimum atomic E-state index is -0.348. The van der Waals surface area contributed by atoms with Gasteiger partial charge in [0.2, 0.25) is 0 Å². The maximum absolute atomic E-state index is 11.9. The topological polar surface area (TPSA) is 0 Å². The zero-order chi connectivity index (χ0) is 27.7. The van der Waals surface area contributed by atoms with Gasteiger partial charge < -0.3 is 12.6 Å². The molecule has 0 aromatic heterocycles. The smallest absolute Gasteiger partial charge is 0.790 e. The van der Waals surface area contributed by atoms with Crippen molar-refractivity contribution in [2.45, 2.75) is 19.1 Å². The third-order valence-corrected chi connectivity index (χ3v) is 10.9. The molecule has 5 rings (SSSR count). The van der Waals surface area contributed by atoms with Gasteiger partial charge in [-0.3, -0.25) is 0 Å². The monoisotopic (exact) mass is 674 g/mol. The van der Waals surface area contributed by atoms with Crippen LogP contribution in [0, 0.1) is 11.9 Å². The van der Waals surface area contributed by atoms with E-state index in [-0.39, 0.29) is 42.1 Å². The van der Waals surface area contributed by atoms with Crippen molar-refractivity contribution in [3.05, 3.63) is 157 Å². The van der Waals surface area contributed by atoms with Gasteiger partial charge >= 0.3 is 20.4 Å². The summed E-state index contributed by atoms with van der Waals surface area (Å²) in [5.41, 5.74) is 0. The summed E-state index contributed by atoms with van der Waals surface area (Å²) in [5.74, 6) is -0.209. The number of benzene rings is 5. The molecule has 0 atom stereocenters. The molecule has 0 saturated heterocycles. The van der Waals surface area contributed by atoms with Crippen molar-refractivity contribution in [2.75, 3.05) is 12.3 Å². The Morgan fingerprint density at radius 1 is 0.550 bits per heavy atom. The van der Waals surface area contributed by atoms with Crippen molar-refractivity contribution >= 4 is 49.7 Å². The first-order chi connectivity index (χ1) is 19.0. The summed E-state index contributed by atoms with van der Waals surface area (Å²) in [6, 6.07) is 52.7. The molecule has 0 bridgehead atoms. The van der Waals surface area contributed by atoms with Gasteiger partial charge in [0.05, 0.1) is 0 Å². The average molecular weight is 675 g/mol. The van der Waals surface area contributed by atoms with Gasteiger partial charge in [-0.1, -0.05) is 135 Å². The van der Waals surface area contributed by atoms with Crippen LogP contribution in [-0.2, 0) is 33.1 Å². The zero-order valence-electron chi connectivity index (χ0n) is 22.8. The van der Waals surface area contributed by atoms with Gasteiger partial charge in [0.1, 0.15) is 0 Å². The van der Waals surface area contributed by atoms with Crippen molar-refractivity contribution in [3.8, 4) is 0 Å². The van der Waals surface area contributed by atoms with E-state index in [0.29, 0.717) is 5.25 Å². The molecule has 0 nitrogen and oxygen atoms in total. The maximum atomic E-state index is 11.9. The summed E-state index contributed by atoms with van der Waals surface area (Å²) in [4.78, 5) is 0. The van der Waals surface area contributed by atoms with Crippen LogP contribution < -0.4 is 21.2 Å². The minimum Gasteiger partial charge on any atom is -0.790 e. The average Bonchev–Trinajstić information content (AvgIpc) is 2.98. The van der Waals surface area contributed by atoms with E-state index in [2.05, 4.69) is 140 Å². The molecule has 0 unspecified atom stereocenters. The van der Waals surface area contributed by atoms with Crippen molar-refractivity contribution in [3.63, 3.8) is 0 Å². The van der Waals surface area contributed by atoms with Crippen LogP contribution in [0.2, 0.25) is 0 Å². The Hall–Kier alpha value is -2.10. The second-order valence-corrected chi connectivity index (χ2v) is 14.5. The Balaban J connectivity index is 0.000000393. The summed E-state index contributed by atoms with van der Waals surface area (Å²) in [7, 11) is -0.696. The molecular formula is C35H35FP2PdS. The van der Waals surface area contributed by atoms with Gasteiger partial charge in [0.15, 0.2) is 0 Å². The fourth-order valence-electron chi connectivity index (χ4n) is 3.81. The second-order valence-electron chi connectivity index (χ2n) is 8.91. The van der Waals surface area contributed by atoms with E-state index in [1.165, 1.54) is 57.8 Å². The fourth-order valence-corrected chi connectivity index (χ4v) is 9.17. The van der Waals surface area contributed by atoms with Crippen LogP contribution in [0.25, 0.3) is 0 Å². The largest absolute Gasteiger partial charge is 2.00 e. The van der Waals surface area contributed by atoms with Crippen LogP contribution in [0.4, 0.5) is 4.39 Å². The first-order valence-electron chi connectivity index (χ1n) is 13.1. The zero-order valence-corrected chi connectivity index (χ0v) is 27.0. The van der Waals surface area contributed by atoms with Gasteiger partial charge in [-0.2, -0.15) is 23.4 Å². The SMILES string of the molecule is CC(C)[S-].Fc1cc[c-]cc1.[Pd+2].c1ccc(P(CCP(c2ccccc2)c2ccccc2)c2ccccc2)cc1. The Morgan fingerprint density at radius 3 is 1.00 bits per heavy atom. The third kappa shape index (κ3) is 12.6. The maximum Gasteiger partial charge on any atom is 2.00 e. The van der Waals surface area contributed by atoms with Crippen LogP contribution in [0.5, 0.6) is 0 Å². The number of hydrogen-bond donors (Lipinski definition) is 0. The standard InChI is InChI=1S/C26H24P2.C6H4F.C3H8S.Pd/c1-5-13-23(14-6-1)27(24-15-7-2-8-16-24)21-22-28(25-17-9-3-10-18-25)26-19-11-4-12-20-26;7-6-4-2-1-3-5-6;1-3(2)4;/h1-20H,21-22H2;2-5H;3-4H,1-2H3;/q;-1;;+2/p-1. The second kappa shape index (κ2) is 19.9. The Bertz CT molecular complexity index is 1130. The van der Waals surface area contributed by atoms with E-state index >= 15 is 0 Å². The van der Waals surface area contributed by atoms with Crippen LogP contribution in [0.1, 0.15) is 13.8 Å². The molecule has 0 N–H and O–H groups in total. The molecule has 0 saturated carbocycles. The van der Waals surface area contributed by atoms with Crippen molar-refractivity contribution in [2.24, 2.45) is 0 Å². The first-order valence-corrected chi connectivity index (χ1v) is 16.6. The molecule has 0 aliphatic carbocycles. The summed E-state index contributed by atoms with van der Waals surface area (Å²) >= 11 is 4.62. The summed E-state index contributed by atoms with van der Waals surface area (Å²) < 4.78 is 11.9. The van der Waals surface area contributed by atoms with Crippen LogP contribution in [0.15, 0.2) is 146 Å². The predicted octanol–water partition coefficient (Wildman–Crippen LogP) is 7.82. The molecule has 0 aliphatic rings. The summed E-state index contributed by atoms with van der Waals surface area (Å²) in [5, 5.41) is 6.30. The Kier molecular flexibility index (Phi) is 17.0. The molecule has 40 heavy (non-hydrogen) atoms. The van der Waals surface area contributed by atoms with Gasteiger partial charge in [0.25, 0.3) is 0 Å². The van der Waals surface area contributed by atoms with Crippen LogP contribution in [-0.4, -0.2) is 17.6 Å². The normalized spacial score (nSPS) is 10.2. The quantitative estimate of drug-likeness (QED) is 0.0735. The first kappa shape index (κ1) is 34.1. The molecule has 0 heterocycles. The molecule has 0 aliphatic heterocycles.